The molecule has 7 unspecified atom stereocenters. The summed E-state index contributed by atoms with van der Waals surface area (Å²) in [6.07, 6.45) is 8.17. The van der Waals surface area contributed by atoms with E-state index in [1.54, 1.807) is 22.3 Å². The van der Waals surface area contributed by atoms with Crippen molar-refractivity contribution in [2.45, 2.75) is 73.0 Å². The number of aromatic nitrogens is 2. The van der Waals surface area contributed by atoms with Crippen LogP contribution in [0.25, 0.3) is 88.4 Å². The fourth-order valence-electron chi connectivity index (χ4n) is 19.0. The highest BCUT2D eigenvalue weighted by molar-refractivity contribution is 6.24. The van der Waals surface area contributed by atoms with Gasteiger partial charge in [-0.1, -0.05) is 200 Å². The van der Waals surface area contributed by atoms with Crippen molar-refractivity contribution in [2.75, 3.05) is 0 Å². The van der Waals surface area contributed by atoms with Crippen LogP contribution in [-0.4, -0.2) is 9.13 Å². The molecule has 76 heavy (non-hydrogen) atoms. The molecule has 18 rings (SSSR count). The normalized spacial score (nSPS) is 25.2. The van der Waals surface area contributed by atoms with Crippen LogP contribution in [0.1, 0.15) is 83.7 Å². The Balaban J connectivity index is 1.01. The lowest BCUT2D eigenvalue weighted by atomic mass is 9.32. The van der Waals surface area contributed by atoms with Crippen molar-refractivity contribution >= 4 is 43.6 Å². The fourth-order valence-corrected chi connectivity index (χ4v) is 19.0. The van der Waals surface area contributed by atoms with Crippen LogP contribution in [0.15, 0.2) is 231 Å². The molecular weight excluding hydrogens is 917 g/mol. The number of benzene rings is 10. The summed E-state index contributed by atoms with van der Waals surface area (Å²) in [4.78, 5) is 0. The van der Waals surface area contributed by atoms with Crippen LogP contribution in [0.2, 0.25) is 0 Å². The smallest absolute Gasteiger partial charge is 0.0789 e. The molecule has 2 heteroatoms. The minimum absolute atomic E-state index is 0.0923. The lowest BCUT2D eigenvalue weighted by Crippen LogP contribution is -2.67. The Labute approximate surface area is 443 Å². The number of fused-ring (bicyclic) bond motifs is 21. The summed E-state index contributed by atoms with van der Waals surface area (Å²) in [5, 5.41) is 5.15. The zero-order valence-electron chi connectivity index (χ0n) is 42.6. The third kappa shape index (κ3) is 5.23. The molecule has 6 aliphatic rings. The van der Waals surface area contributed by atoms with Crippen LogP contribution in [0.4, 0.5) is 0 Å². The molecule has 0 N–H and O–H groups in total. The molecule has 0 saturated heterocycles. The Bertz CT molecular complexity index is 4450. The molecule has 3 saturated carbocycles. The first-order valence-corrected chi connectivity index (χ1v) is 28.2. The average molecular weight is 973 g/mol. The van der Waals surface area contributed by atoms with E-state index >= 15 is 0 Å². The Morgan fingerprint density at radius 3 is 1.49 bits per heavy atom. The molecular formula is C74H56N2. The zero-order chi connectivity index (χ0) is 49.5. The zero-order valence-corrected chi connectivity index (χ0v) is 42.6. The van der Waals surface area contributed by atoms with E-state index in [0.29, 0.717) is 23.7 Å². The highest BCUT2D eigenvalue weighted by Crippen LogP contribution is 2.78. The topological polar surface area (TPSA) is 9.86 Å². The van der Waals surface area contributed by atoms with Crippen LogP contribution in [0, 0.1) is 11.8 Å². The molecule has 0 aliphatic heterocycles. The van der Waals surface area contributed by atoms with Crippen molar-refractivity contribution in [3.63, 3.8) is 0 Å². The first kappa shape index (κ1) is 42.1. The molecule has 12 aromatic rings. The molecule has 10 aromatic carbocycles. The Morgan fingerprint density at radius 1 is 0.329 bits per heavy atom. The number of para-hydroxylation sites is 3. The lowest BCUT2D eigenvalue weighted by Gasteiger charge is -2.71. The quantitative estimate of drug-likeness (QED) is 0.163. The van der Waals surface area contributed by atoms with Crippen molar-refractivity contribution in [3.05, 3.63) is 264 Å². The molecule has 3 fully saturated rings. The van der Waals surface area contributed by atoms with Gasteiger partial charge < -0.3 is 9.13 Å². The number of hydrogen-bond acceptors (Lipinski definition) is 0. The van der Waals surface area contributed by atoms with Crippen LogP contribution in [0.3, 0.4) is 0 Å². The molecule has 2 nitrogen and oxygen atoms in total. The van der Waals surface area contributed by atoms with Crippen molar-refractivity contribution in [1.82, 2.24) is 9.13 Å². The highest BCUT2D eigenvalue weighted by Gasteiger charge is 2.72. The van der Waals surface area contributed by atoms with Gasteiger partial charge in [0.15, 0.2) is 0 Å². The molecule has 2 heterocycles. The van der Waals surface area contributed by atoms with Gasteiger partial charge in [0.25, 0.3) is 0 Å². The number of nitrogens with zero attached hydrogens (tertiary/aromatic N) is 2. The third-order valence-corrected chi connectivity index (χ3v) is 20.8. The summed E-state index contributed by atoms with van der Waals surface area (Å²) in [6.45, 7) is 0. The van der Waals surface area contributed by atoms with Gasteiger partial charge in [-0.3, -0.25) is 0 Å². The Hall–Kier alpha value is -8.20. The van der Waals surface area contributed by atoms with Gasteiger partial charge in [-0.2, -0.15) is 0 Å². The Morgan fingerprint density at radius 2 is 0.803 bits per heavy atom. The van der Waals surface area contributed by atoms with Crippen LogP contribution in [-0.2, 0) is 22.7 Å². The molecule has 3 spiro atoms. The summed E-state index contributed by atoms with van der Waals surface area (Å²) in [5.41, 5.74) is 25.3. The summed E-state index contributed by atoms with van der Waals surface area (Å²) >= 11 is 0. The highest BCUT2D eigenvalue weighted by atomic mass is 15.0. The monoisotopic (exact) mass is 972 g/mol. The van der Waals surface area contributed by atoms with Gasteiger partial charge >= 0.3 is 0 Å². The first-order chi connectivity index (χ1) is 37.6. The van der Waals surface area contributed by atoms with Gasteiger partial charge in [-0.25, -0.2) is 0 Å². The van der Waals surface area contributed by atoms with Crippen LogP contribution in [0.5, 0.6) is 0 Å². The summed E-state index contributed by atoms with van der Waals surface area (Å²) in [7, 11) is 0. The SMILES string of the molecule is c1ccc(-n2c3ccccc3c3ccc4c5ccccc5n(-c5cccc6c5-c5ccccc5C5CC78CC(CC9%10CC(Cc%11ccccc%11-c%11ccccc%119)CC6(C5)C%107)c5ccccc5-c5ccccc58)c4c32)cc1. The maximum atomic E-state index is 2.74. The second-order valence-electron chi connectivity index (χ2n) is 24.1. The molecule has 0 radical (unpaired) electrons. The maximum Gasteiger partial charge on any atom is 0.0789 e. The third-order valence-electron chi connectivity index (χ3n) is 20.8. The standard InChI is InChI=1S/C74H56N2/c1-2-20-50(21-3-1)75-65-34-16-12-28-57(65)60-37-38-61-58-29-13-17-35-66(58)76(70(61)69(60)75)67-36-18-33-64-68(67)59-30-9-7-24-53(59)49-43-73(64)41-46-39-47-19-4-5-22-51(47)55-26-10-14-31-62(55)72(40-46)42-48-44-74(45-49,71(72)73)63-32-15-11-27-56(63)54-25-8-6-23-52(48)54/h1-38,46,48-49,71H,39-45H2. The van der Waals surface area contributed by atoms with Crippen molar-refractivity contribution < 1.29 is 0 Å². The predicted octanol–water partition coefficient (Wildman–Crippen LogP) is 18.4. The summed E-state index contributed by atoms with van der Waals surface area (Å²) < 4.78 is 5.29. The van der Waals surface area contributed by atoms with E-state index < -0.39 is 0 Å². The van der Waals surface area contributed by atoms with Gasteiger partial charge in [0.1, 0.15) is 0 Å². The van der Waals surface area contributed by atoms with E-state index in [9.17, 15) is 0 Å². The lowest BCUT2D eigenvalue weighted by molar-refractivity contribution is -0.0904. The largest absolute Gasteiger partial charge is 0.307 e. The summed E-state index contributed by atoms with van der Waals surface area (Å²) in [5.74, 6) is 1.65. The van der Waals surface area contributed by atoms with Gasteiger partial charge in [-0.15, -0.1) is 0 Å². The van der Waals surface area contributed by atoms with Gasteiger partial charge in [0, 0.05) is 49.0 Å². The number of hydrogen-bond donors (Lipinski definition) is 0. The van der Waals surface area contributed by atoms with Crippen molar-refractivity contribution in [1.29, 1.82) is 0 Å². The van der Waals surface area contributed by atoms with E-state index in [2.05, 4.69) is 240 Å². The van der Waals surface area contributed by atoms with Crippen molar-refractivity contribution in [2.24, 2.45) is 11.8 Å². The van der Waals surface area contributed by atoms with Crippen LogP contribution >= 0.6 is 0 Å². The van der Waals surface area contributed by atoms with E-state index in [0.717, 1.165) is 19.3 Å². The summed E-state index contributed by atoms with van der Waals surface area (Å²) in [6, 6.07) is 90.6. The van der Waals surface area contributed by atoms with E-state index in [4.69, 9.17) is 0 Å². The minimum atomic E-state index is -0.156. The second-order valence-corrected chi connectivity index (χ2v) is 24.1. The molecule has 0 amide bonds. The van der Waals surface area contributed by atoms with E-state index in [1.807, 2.05) is 0 Å². The predicted molar refractivity (Wildman–Crippen MR) is 313 cm³/mol. The maximum absolute atomic E-state index is 2.74. The molecule has 6 bridgehead atoms. The molecule has 2 aromatic heterocycles. The van der Waals surface area contributed by atoms with Gasteiger partial charge in [-0.05, 0) is 160 Å². The van der Waals surface area contributed by atoms with Crippen molar-refractivity contribution in [3.8, 4) is 44.8 Å². The van der Waals surface area contributed by atoms with Gasteiger partial charge in [0.05, 0.1) is 27.8 Å². The molecule has 7 atom stereocenters. The molecule has 6 aliphatic carbocycles. The van der Waals surface area contributed by atoms with Gasteiger partial charge in [0.2, 0.25) is 0 Å². The molecule has 362 valence electrons. The minimum Gasteiger partial charge on any atom is -0.307 e. The van der Waals surface area contributed by atoms with Crippen LogP contribution < -0.4 is 0 Å². The Kier molecular flexibility index (Phi) is 8.31. The second kappa shape index (κ2) is 15.0. The average Bonchev–Trinajstić information content (AvgIpc) is 3.44. The van der Waals surface area contributed by atoms with E-state index in [1.165, 1.54) is 125 Å². The number of rotatable bonds is 2. The first-order valence-electron chi connectivity index (χ1n) is 28.2. The van der Waals surface area contributed by atoms with E-state index in [-0.39, 0.29) is 16.2 Å². The fraction of sp³-hybridized carbons (Fsp3) is 0.189.